The summed E-state index contributed by atoms with van der Waals surface area (Å²) in [7, 11) is -3.50. The number of halogens is 1. The zero-order chi connectivity index (χ0) is 15.7. The number of thiophene rings is 1. The van der Waals surface area contributed by atoms with Gasteiger partial charge >= 0.3 is 5.97 Å². The van der Waals surface area contributed by atoms with Crippen molar-refractivity contribution in [1.82, 2.24) is 4.31 Å². The Morgan fingerprint density at radius 3 is 2.48 bits per heavy atom. The number of sulfonamides is 1. The van der Waals surface area contributed by atoms with E-state index >= 15 is 0 Å². The smallest absolute Gasteiger partial charge is 0.309 e. The molecule has 1 fully saturated rings. The van der Waals surface area contributed by atoms with Crippen molar-refractivity contribution < 1.29 is 18.3 Å². The van der Waals surface area contributed by atoms with Crippen LogP contribution < -0.4 is 0 Å². The Balaban J connectivity index is 2.15. The van der Waals surface area contributed by atoms with Gasteiger partial charge in [-0.25, -0.2) is 8.42 Å². The molecule has 0 saturated carbocycles. The average molecular weight is 396 g/mol. The molecule has 0 amide bonds. The van der Waals surface area contributed by atoms with Crippen molar-refractivity contribution >= 4 is 43.3 Å². The maximum Gasteiger partial charge on any atom is 0.309 e. The molecular formula is C13H18BrNO4S2. The number of nitrogens with zero attached hydrogens (tertiary/aromatic N) is 1. The first kappa shape index (κ1) is 16.9. The molecule has 0 aromatic carbocycles. The van der Waals surface area contributed by atoms with Crippen LogP contribution in [0.15, 0.2) is 20.1 Å². The van der Waals surface area contributed by atoms with Crippen LogP contribution in [0.5, 0.6) is 0 Å². The van der Waals surface area contributed by atoms with Crippen molar-refractivity contribution in [2.75, 3.05) is 13.1 Å². The molecule has 2 rings (SSSR count). The second-order valence-electron chi connectivity index (χ2n) is 5.30. The van der Waals surface area contributed by atoms with Gasteiger partial charge in [0.25, 0.3) is 10.0 Å². The molecule has 1 aliphatic heterocycles. The minimum absolute atomic E-state index is 0.268. The van der Waals surface area contributed by atoms with Crippen LogP contribution in [0.3, 0.4) is 0 Å². The standard InChI is InChI=1S/C13H18BrNO4S2/c1-2-5-13(12(16)17)6-8-15(9-7-13)21(18,19)11-4-3-10(14)20-11/h3-4H,2,5-9H2,1H3,(H,16,17). The lowest BCUT2D eigenvalue weighted by molar-refractivity contribution is -0.152. The van der Waals surface area contributed by atoms with Crippen LogP contribution in [0.2, 0.25) is 0 Å². The highest BCUT2D eigenvalue weighted by molar-refractivity contribution is 9.11. The summed E-state index contributed by atoms with van der Waals surface area (Å²) in [6.45, 7) is 2.49. The number of carboxylic acids is 1. The summed E-state index contributed by atoms with van der Waals surface area (Å²) in [4.78, 5) is 11.5. The maximum absolute atomic E-state index is 12.5. The third-order valence-electron chi connectivity index (χ3n) is 4.00. The molecule has 5 nitrogen and oxygen atoms in total. The van der Waals surface area contributed by atoms with Gasteiger partial charge in [0.2, 0.25) is 0 Å². The highest BCUT2D eigenvalue weighted by atomic mass is 79.9. The fourth-order valence-electron chi connectivity index (χ4n) is 2.77. The molecular weight excluding hydrogens is 378 g/mol. The van der Waals surface area contributed by atoms with E-state index < -0.39 is 21.4 Å². The molecule has 1 aromatic heterocycles. The first-order chi connectivity index (χ1) is 9.82. The quantitative estimate of drug-likeness (QED) is 0.830. The molecule has 1 aromatic rings. The van der Waals surface area contributed by atoms with E-state index in [9.17, 15) is 18.3 Å². The summed E-state index contributed by atoms with van der Waals surface area (Å²) in [5, 5.41) is 9.46. The number of carboxylic acid groups (broad SMARTS) is 1. The van der Waals surface area contributed by atoms with E-state index in [1.165, 1.54) is 15.6 Å². The number of piperidine rings is 1. The van der Waals surface area contributed by atoms with Crippen molar-refractivity contribution in [3.05, 3.63) is 15.9 Å². The molecule has 0 aliphatic carbocycles. The first-order valence-corrected chi connectivity index (χ1v) is 9.86. The largest absolute Gasteiger partial charge is 0.481 e. The number of hydrogen-bond acceptors (Lipinski definition) is 4. The van der Waals surface area contributed by atoms with E-state index in [2.05, 4.69) is 15.9 Å². The summed E-state index contributed by atoms with van der Waals surface area (Å²) >= 11 is 4.44. The van der Waals surface area contributed by atoms with Crippen LogP contribution in [-0.4, -0.2) is 36.9 Å². The zero-order valence-electron chi connectivity index (χ0n) is 11.7. The number of carbonyl (C=O) groups is 1. The summed E-state index contributed by atoms with van der Waals surface area (Å²) in [6, 6.07) is 3.29. The molecule has 0 spiro atoms. The van der Waals surface area contributed by atoms with Crippen molar-refractivity contribution in [2.24, 2.45) is 5.41 Å². The van der Waals surface area contributed by atoms with Gasteiger partial charge in [-0.15, -0.1) is 11.3 Å². The molecule has 0 radical (unpaired) electrons. The highest BCUT2D eigenvalue weighted by Gasteiger charge is 2.43. The van der Waals surface area contributed by atoms with Gasteiger partial charge in [-0.2, -0.15) is 4.31 Å². The van der Waals surface area contributed by atoms with Crippen LogP contribution in [0.25, 0.3) is 0 Å². The summed E-state index contributed by atoms with van der Waals surface area (Å²) < 4.78 is 27.5. The molecule has 2 heterocycles. The fourth-order valence-corrected chi connectivity index (χ4v) is 6.37. The van der Waals surface area contributed by atoms with Gasteiger partial charge in [-0.3, -0.25) is 4.79 Å². The monoisotopic (exact) mass is 395 g/mol. The van der Waals surface area contributed by atoms with Crippen molar-refractivity contribution in [2.45, 2.75) is 36.8 Å². The number of hydrogen-bond donors (Lipinski definition) is 1. The van der Waals surface area contributed by atoms with Gasteiger partial charge in [0, 0.05) is 13.1 Å². The van der Waals surface area contributed by atoms with Gasteiger partial charge in [-0.05, 0) is 47.3 Å². The lowest BCUT2D eigenvalue weighted by Crippen LogP contribution is -2.46. The Bertz CT molecular complexity index is 618. The van der Waals surface area contributed by atoms with E-state index in [0.29, 0.717) is 23.5 Å². The number of aliphatic carboxylic acids is 1. The fraction of sp³-hybridized carbons (Fsp3) is 0.615. The number of rotatable bonds is 5. The SMILES string of the molecule is CCCC1(C(=O)O)CCN(S(=O)(=O)c2ccc(Br)s2)CC1. The predicted molar refractivity (Wildman–Crippen MR) is 85.0 cm³/mol. The third-order valence-corrected chi connectivity index (χ3v) is 7.99. The summed E-state index contributed by atoms with van der Waals surface area (Å²) in [6.07, 6.45) is 2.14. The molecule has 1 saturated heterocycles. The topological polar surface area (TPSA) is 74.7 Å². The highest BCUT2D eigenvalue weighted by Crippen LogP contribution is 2.39. The van der Waals surface area contributed by atoms with Crippen molar-refractivity contribution in [3.8, 4) is 0 Å². The second kappa shape index (κ2) is 6.36. The van der Waals surface area contributed by atoms with E-state index in [1.807, 2.05) is 6.92 Å². The Kier molecular flexibility index (Phi) is 5.12. The van der Waals surface area contributed by atoms with Crippen LogP contribution in [0.4, 0.5) is 0 Å². The first-order valence-electron chi connectivity index (χ1n) is 6.81. The Morgan fingerprint density at radius 1 is 1.43 bits per heavy atom. The Labute approximate surface area is 137 Å². The second-order valence-corrected chi connectivity index (χ2v) is 9.93. The normalized spacial score (nSPS) is 19.5. The van der Waals surface area contributed by atoms with E-state index in [-0.39, 0.29) is 13.1 Å². The molecule has 0 bridgehead atoms. The zero-order valence-corrected chi connectivity index (χ0v) is 14.9. The van der Waals surface area contributed by atoms with Crippen LogP contribution in [-0.2, 0) is 14.8 Å². The van der Waals surface area contributed by atoms with Crippen molar-refractivity contribution in [1.29, 1.82) is 0 Å². The molecule has 0 unspecified atom stereocenters. The summed E-state index contributed by atoms with van der Waals surface area (Å²) in [5.41, 5.74) is -0.767. The van der Waals surface area contributed by atoms with Gasteiger partial charge < -0.3 is 5.11 Å². The lowest BCUT2D eigenvalue weighted by atomic mass is 9.75. The van der Waals surface area contributed by atoms with Gasteiger partial charge in [0.1, 0.15) is 4.21 Å². The average Bonchev–Trinajstić information content (AvgIpc) is 2.87. The molecule has 1 aliphatic rings. The van der Waals surface area contributed by atoms with Gasteiger partial charge in [0.15, 0.2) is 0 Å². The van der Waals surface area contributed by atoms with Gasteiger partial charge in [-0.1, -0.05) is 13.3 Å². The summed E-state index contributed by atoms with van der Waals surface area (Å²) in [5.74, 6) is -0.805. The third kappa shape index (κ3) is 3.33. The molecule has 0 atom stereocenters. The van der Waals surface area contributed by atoms with Crippen LogP contribution in [0.1, 0.15) is 32.6 Å². The Hall–Kier alpha value is -0.440. The molecule has 21 heavy (non-hydrogen) atoms. The minimum Gasteiger partial charge on any atom is -0.481 e. The van der Waals surface area contributed by atoms with E-state index in [0.717, 1.165) is 10.2 Å². The van der Waals surface area contributed by atoms with E-state index in [4.69, 9.17) is 0 Å². The maximum atomic E-state index is 12.5. The lowest BCUT2D eigenvalue weighted by Gasteiger charge is -2.37. The van der Waals surface area contributed by atoms with E-state index in [1.54, 1.807) is 12.1 Å². The molecule has 8 heteroatoms. The van der Waals surface area contributed by atoms with Crippen molar-refractivity contribution in [3.63, 3.8) is 0 Å². The van der Waals surface area contributed by atoms with Crippen LogP contribution in [0, 0.1) is 5.41 Å². The molecule has 1 N–H and O–H groups in total. The predicted octanol–water partition coefficient (Wildman–Crippen LogP) is 3.17. The minimum atomic E-state index is -3.50. The Morgan fingerprint density at radius 2 is 2.05 bits per heavy atom. The van der Waals surface area contributed by atoms with Crippen LogP contribution >= 0.6 is 27.3 Å². The molecule has 118 valence electrons. The van der Waals surface area contributed by atoms with Gasteiger partial charge in [0.05, 0.1) is 9.20 Å².